The molecular formula is C32H31F4N3O4. The molecule has 226 valence electrons. The molecule has 6 rings (SSSR count). The van der Waals surface area contributed by atoms with Crippen molar-refractivity contribution in [3.05, 3.63) is 93.1 Å². The number of aryl methyl sites for hydroxylation is 2. The Balaban J connectivity index is 1.28. The summed E-state index contributed by atoms with van der Waals surface area (Å²) in [6, 6.07) is 10.2. The molecule has 0 radical (unpaired) electrons. The highest BCUT2D eigenvalue weighted by Crippen LogP contribution is 2.40. The third kappa shape index (κ3) is 5.96. The highest BCUT2D eigenvalue weighted by Gasteiger charge is 2.36. The summed E-state index contributed by atoms with van der Waals surface area (Å²) < 4.78 is 69.4. The number of alkyl halides is 3. The Hall–Kier alpha value is -3.96. The molecule has 0 aliphatic carbocycles. The van der Waals surface area contributed by atoms with Gasteiger partial charge < -0.3 is 19.1 Å². The van der Waals surface area contributed by atoms with E-state index in [9.17, 15) is 27.5 Å². The molecule has 3 heterocycles. The van der Waals surface area contributed by atoms with Crippen LogP contribution in [-0.4, -0.2) is 44.8 Å². The van der Waals surface area contributed by atoms with Crippen molar-refractivity contribution in [1.29, 1.82) is 0 Å². The molecule has 0 amide bonds. The minimum atomic E-state index is -4.60. The molecule has 0 saturated carbocycles. The van der Waals surface area contributed by atoms with Crippen molar-refractivity contribution >= 4 is 17.0 Å². The Kier molecular flexibility index (Phi) is 7.64. The monoisotopic (exact) mass is 597 g/mol. The molecule has 2 aliphatic rings. The summed E-state index contributed by atoms with van der Waals surface area (Å²) in [4.78, 5) is 18.5. The van der Waals surface area contributed by atoms with Crippen LogP contribution in [0.15, 0.2) is 42.5 Å². The van der Waals surface area contributed by atoms with E-state index in [2.05, 4.69) is 4.90 Å². The fourth-order valence-electron chi connectivity index (χ4n) is 5.90. The number of aromatic carboxylic acids is 1. The number of carboxylic acids is 1. The molecule has 0 bridgehead atoms. The highest BCUT2D eigenvalue weighted by molar-refractivity contribution is 5.92. The van der Waals surface area contributed by atoms with E-state index in [-0.39, 0.29) is 24.0 Å². The average molecular weight is 598 g/mol. The maximum atomic E-state index is 14.1. The lowest BCUT2D eigenvalue weighted by molar-refractivity contribution is -0.139. The number of nitrogens with zero attached hydrogens (tertiary/aromatic N) is 3. The van der Waals surface area contributed by atoms with Crippen LogP contribution in [0.1, 0.15) is 56.0 Å². The van der Waals surface area contributed by atoms with E-state index in [1.807, 2.05) is 4.57 Å². The molecule has 7 nitrogen and oxygen atoms in total. The van der Waals surface area contributed by atoms with Crippen molar-refractivity contribution in [1.82, 2.24) is 14.5 Å². The van der Waals surface area contributed by atoms with E-state index in [4.69, 9.17) is 14.5 Å². The highest BCUT2D eigenvalue weighted by atomic mass is 19.4. The van der Waals surface area contributed by atoms with Gasteiger partial charge in [0.1, 0.15) is 24.0 Å². The van der Waals surface area contributed by atoms with E-state index in [1.165, 1.54) is 30.3 Å². The summed E-state index contributed by atoms with van der Waals surface area (Å²) in [5, 5.41) is 9.51. The lowest BCUT2D eigenvalue weighted by Crippen LogP contribution is -2.34. The number of imidazole rings is 1. The van der Waals surface area contributed by atoms with E-state index in [0.29, 0.717) is 72.5 Å². The fourth-order valence-corrected chi connectivity index (χ4v) is 5.90. The molecule has 11 heteroatoms. The Morgan fingerprint density at radius 1 is 1.12 bits per heavy atom. The molecule has 1 atom stereocenters. The van der Waals surface area contributed by atoms with E-state index in [0.717, 1.165) is 17.8 Å². The van der Waals surface area contributed by atoms with E-state index >= 15 is 0 Å². The minimum Gasteiger partial charge on any atom is -0.488 e. The quantitative estimate of drug-likeness (QED) is 0.236. The second kappa shape index (κ2) is 11.3. The average Bonchev–Trinajstić information content (AvgIpc) is 3.24. The number of rotatable bonds is 8. The molecule has 0 spiro atoms. The van der Waals surface area contributed by atoms with Crippen LogP contribution >= 0.6 is 0 Å². The molecular weight excluding hydrogens is 566 g/mol. The van der Waals surface area contributed by atoms with Gasteiger partial charge in [-0.3, -0.25) is 4.90 Å². The first-order valence-electron chi connectivity index (χ1n) is 14.1. The topological polar surface area (TPSA) is 76.8 Å². The number of benzene rings is 3. The summed E-state index contributed by atoms with van der Waals surface area (Å²) in [6.45, 7) is 5.86. The van der Waals surface area contributed by atoms with Crippen LogP contribution in [0.5, 0.6) is 5.75 Å². The normalized spacial score (nSPS) is 17.1. The Morgan fingerprint density at radius 2 is 1.86 bits per heavy atom. The number of ether oxygens (including phenoxy) is 2. The molecule has 1 fully saturated rings. The standard InChI is InChI=1S/C32H31F4N3O4/c1-18-9-23(33)10-19(2)25(18)17-43-29-13-22-14-38(7-5-20(22)11-26(29)32(34,35)36)16-30-37-27-4-3-21(31(40)41)12-28(27)39(30)15-24-6-8-42-24/h3-4,9-13,24H,5-8,14-17H2,1-2H3,(H,40,41)/t24-/m0/s1. The molecule has 43 heavy (non-hydrogen) atoms. The van der Waals surface area contributed by atoms with Gasteiger partial charge in [-0.05, 0) is 97.0 Å². The van der Waals surface area contributed by atoms with Gasteiger partial charge in [-0.1, -0.05) is 0 Å². The van der Waals surface area contributed by atoms with Gasteiger partial charge in [-0.25, -0.2) is 14.2 Å². The van der Waals surface area contributed by atoms with Gasteiger partial charge in [0, 0.05) is 19.7 Å². The Morgan fingerprint density at radius 3 is 2.51 bits per heavy atom. The molecule has 3 aromatic carbocycles. The molecule has 2 aliphatic heterocycles. The first-order chi connectivity index (χ1) is 20.5. The minimum absolute atomic E-state index is 0.0144. The molecule has 4 aromatic rings. The summed E-state index contributed by atoms with van der Waals surface area (Å²) in [6.07, 6.45) is -3.27. The zero-order valence-electron chi connectivity index (χ0n) is 23.8. The van der Waals surface area contributed by atoms with Gasteiger partial charge in [0.25, 0.3) is 0 Å². The molecule has 1 saturated heterocycles. The Labute approximate surface area is 245 Å². The zero-order valence-corrected chi connectivity index (χ0v) is 23.8. The number of halogens is 4. The first kappa shape index (κ1) is 29.1. The largest absolute Gasteiger partial charge is 0.488 e. The lowest BCUT2D eigenvalue weighted by Gasteiger charge is -2.31. The van der Waals surface area contributed by atoms with Crippen molar-refractivity contribution < 1.29 is 36.9 Å². The van der Waals surface area contributed by atoms with Crippen molar-refractivity contribution in [2.45, 2.75) is 65.2 Å². The SMILES string of the molecule is Cc1cc(F)cc(C)c1COc1cc2c(cc1C(F)(F)F)CCN(Cc1nc3ccc(C(=O)O)cc3n1C[C@@H]1CCO1)C2. The summed E-state index contributed by atoms with van der Waals surface area (Å²) in [5.74, 6) is -0.946. The summed E-state index contributed by atoms with van der Waals surface area (Å²) >= 11 is 0. The van der Waals surface area contributed by atoms with E-state index < -0.39 is 23.5 Å². The number of aromatic nitrogens is 2. The number of hydrogen-bond acceptors (Lipinski definition) is 5. The maximum Gasteiger partial charge on any atom is 0.419 e. The molecule has 1 aromatic heterocycles. The van der Waals surface area contributed by atoms with Crippen LogP contribution in [-0.2, 0) is 43.6 Å². The van der Waals surface area contributed by atoms with Crippen molar-refractivity contribution in [2.75, 3.05) is 13.2 Å². The smallest absolute Gasteiger partial charge is 0.419 e. The first-order valence-corrected chi connectivity index (χ1v) is 14.1. The van der Waals surface area contributed by atoms with Gasteiger partial charge in [0.05, 0.1) is 41.4 Å². The maximum absolute atomic E-state index is 14.1. The van der Waals surface area contributed by atoms with Gasteiger partial charge >= 0.3 is 12.1 Å². The van der Waals surface area contributed by atoms with Gasteiger partial charge in [-0.2, -0.15) is 13.2 Å². The van der Waals surface area contributed by atoms with Crippen LogP contribution in [0.3, 0.4) is 0 Å². The van der Waals surface area contributed by atoms with Crippen LogP contribution in [0.4, 0.5) is 17.6 Å². The van der Waals surface area contributed by atoms with Gasteiger partial charge in [0.2, 0.25) is 0 Å². The van der Waals surface area contributed by atoms with Crippen molar-refractivity contribution in [3.8, 4) is 5.75 Å². The predicted octanol–water partition coefficient (Wildman–Crippen LogP) is 6.44. The molecule has 0 unspecified atom stereocenters. The number of carbonyl (C=O) groups is 1. The van der Waals surface area contributed by atoms with Gasteiger partial charge in [0.15, 0.2) is 0 Å². The summed E-state index contributed by atoms with van der Waals surface area (Å²) in [7, 11) is 0. The van der Waals surface area contributed by atoms with Crippen molar-refractivity contribution in [2.24, 2.45) is 0 Å². The van der Waals surface area contributed by atoms with E-state index in [1.54, 1.807) is 26.0 Å². The number of carboxylic acid groups (broad SMARTS) is 1. The van der Waals surface area contributed by atoms with Gasteiger partial charge in [-0.15, -0.1) is 0 Å². The second-order valence-corrected chi connectivity index (χ2v) is 11.3. The third-order valence-corrected chi connectivity index (χ3v) is 8.35. The van der Waals surface area contributed by atoms with Crippen LogP contribution in [0, 0.1) is 19.7 Å². The van der Waals surface area contributed by atoms with Crippen LogP contribution < -0.4 is 4.74 Å². The number of hydrogen-bond donors (Lipinski definition) is 1. The van der Waals surface area contributed by atoms with Crippen molar-refractivity contribution in [3.63, 3.8) is 0 Å². The second-order valence-electron chi connectivity index (χ2n) is 11.3. The predicted molar refractivity (Wildman–Crippen MR) is 151 cm³/mol. The third-order valence-electron chi connectivity index (χ3n) is 8.35. The molecule has 1 N–H and O–H groups in total. The summed E-state index contributed by atoms with van der Waals surface area (Å²) in [5.41, 5.74) is 3.95. The number of fused-ring (bicyclic) bond motifs is 2. The zero-order chi connectivity index (χ0) is 30.5. The van der Waals surface area contributed by atoms with Crippen LogP contribution in [0.25, 0.3) is 11.0 Å². The fraction of sp³-hybridized carbons (Fsp3) is 0.375. The Bertz CT molecular complexity index is 1690. The van der Waals surface area contributed by atoms with Crippen LogP contribution in [0.2, 0.25) is 0 Å². The lowest BCUT2D eigenvalue weighted by atomic mass is 9.96.